The molecule has 20 heavy (non-hydrogen) atoms. The van der Waals surface area contributed by atoms with Gasteiger partial charge in [-0.15, -0.1) is 0 Å². The summed E-state index contributed by atoms with van der Waals surface area (Å²) in [6.07, 6.45) is 0. The molecule has 2 rings (SSSR count). The lowest BCUT2D eigenvalue weighted by molar-refractivity contribution is -0.120. The number of halogens is 3. The van der Waals surface area contributed by atoms with Crippen molar-refractivity contribution in [3.05, 3.63) is 24.0 Å². The average Bonchev–Trinajstić information content (AvgIpc) is 2.78. The van der Waals surface area contributed by atoms with Crippen LogP contribution in [0.1, 0.15) is 6.92 Å². The van der Waals surface area contributed by atoms with Crippen LogP contribution in [-0.2, 0) is 4.79 Å². The molecule has 2 unspecified atom stereocenters. The van der Waals surface area contributed by atoms with Crippen LogP contribution in [0.3, 0.4) is 0 Å². The summed E-state index contributed by atoms with van der Waals surface area (Å²) in [6.45, 7) is 0.190. The minimum atomic E-state index is -3.09. The van der Waals surface area contributed by atoms with Crippen molar-refractivity contribution < 1.29 is 22.7 Å². The Morgan fingerprint density at radius 3 is 2.75 bits per heavy atom. The molecular formula is C13H15F3N2O2. The van der Waals surface area contributed by atoms with Crippen LogP contribution in [-0.4, -0.2) is 25.6 Å². The maximum atomic E-state index is 13.5. The van der Waals surface area contributed by atoms with Crippen molar-refractivity contribution in [1.82, 2.24) is 5.32 Å². The van der Waals surface area contributed by atoms with Gasteiger partial charge in [0.25, 0.3) is 0 Å². The van der Waals surface area contributed by atoms with Crippen molar-refractivity contribution in [1.29, 1.82) is 0 Å². The topological polar surface area (TPSA) is 50.4 Å². The Bertz CT molecular complexity index is 497. The molecule has 1 heterocycles. The number of anilines is 1. The van der Waals surface area contributed by atoms with Crippen LogP contribution in [0.15, 0.2) is 18.2 Å². The van der Waals surface area contributed by atoms with E-state index < -0.39 is 18.2 Å². The summed E-state index contributed by atoms with van der Waals surface area (Å²) >= 11 is 0. The highest BCUT2D eigenvalue weighted by molar-refractivity contribution is 5.93. The normalized spacial score (nSPS) is 22.1. The minimum absolute atomic E-state index is 0.185. The summed E-state index contributed by atoms with van der Waals surface area (Å²) in [6, 6.07) is 3.35. The Hall–Kier alpha value is -1.76. The van der Waals surface area contributed by atoms with Crippen LogP contribution in [0.2, 0.25) is 0 Å². The molecule has 1 aromatic rings. The molecule has 1 aromatic carbocycles. The van der Waals surface area contributed by atoms with Gasteiger partial charge in [0.2, 0.25) is 5.91 Å². The number of hydrogen-bond acceptors (Lipinski definition) is 3. The summed E-state index contributed by atoms with van der Waals surface area (Å²) in [5.41, 5.74) is 0.216. The third-order valence-corrected chi connectivity index (χ3v) is 3.27. The maximum Gasteiger partial charge on any atom is 0.387 e. The average molecular weight is 288 g/mol. The third-order valence-electron chi connectivity index (χ3n) is 3.27. The monoisotopic (exact) mass is 288 g/mol. The van der Waals surface area contributed by atoms with Gasteiger partial charge in [-0.05, 0) is 24.6 Å². The zero-order valence-electron chi connectivity index (χ0n) is 10.8. The molecule has 2 N–H and O–H groups in total. The van der Waals surface area contributed by atoms with E-state index in [1.807, 2.05) is 6.92 Å². The number of carbonyl (C=O) groups excluding carboxylic acids is 1. The van der Waals surface area contributed by atoms with Crippen LogP contribution in [0.25, 0.3) is 0 Å². The number of ether oxygens (including phenoxy) is 1. The van der Waals surface area contributed by atoms with Crippen molar-refractivity contribution in [2.24, 2.45) is 11.8 Å². The minimum Gasteiger partial charge on any atom is -0.432 e. The van der Waals surface area contributed by atoms with Gasteiger partial charge in [0.1, 0.15) is 0 Å². The fourth-order valence-corrected chi connectivity index (χ4v) is 2.17. The van der Waals surface area contributed by atoms with Crippen molar-refractivity contribution in [2.45, 2.75) is 13.5 Å². The Morgan fingerprint density at radius 2 is 2.20 bits per heavy atom. The van der Waals surface area contributed by atoms with Crippen LogP contribution in [0.5, 0.6) is 5.75 Å². The van der Waals surface area contributed by atoms with E-state index in [2.05, 4.69) is 15.4 Å². The van der Waals surface area contributed by atoms with E-state index in [0.29, 0.717) is 6.54 Å². The number of alkyl halides is 2. The molecule has 1 amide bonds. The van der Waals surface area contributed by atoms with Crippen LogP contribution in [0, 0.1) is 17.7 Å². The van der Waals surface area contributed by atoms with Gasteiger partial charge in [0.05, 0.1) is 5.92 Å². The maximum absolute atomic E-state index is 13.5. The summed E-state index contributed by atoms with van der Waals surface area (Å²) in [5.74, 6) is -1.70. The molecule has 7 heteroatoms. The summed E-state index contributed by atoms with van der Waals surface area (Å²) in [5, 5.41) is 5.67. The lowest BCUT2D eigenvalue weighted by Gasteiger charge is -2.14. The van der Waals surface area contributed by atoms with E-state index in [9.17, 15) is 18.0 Å². The molecular weight excluding hydrogens is 273 g/mol. The Kier molecular flexibility index (Phi) is 4.49. The predicted octanol–water partition coefficient (Wildman–Crippen LogP) is 2.22. The number of benzene rings is 1. The standard InChI is InChI=1S/C13H15F3N2O2/c1-7-5-17-6-9(7)12(19)18-8-2-3-11(10(14)4-8)20-13(15)16/h2-4,7,9,13,17H,5-6H2,1H3,(H,18,19). The Morgan fingerprint density at radius 1 is 1.45 bits per heavy atom. The molecule has 0 aromatic heterocycles. The van der Waals surface area contributed by atoms with E-state index in [1.165, 1.54) is 6.07 Å². The van der Waals surface area contributed by atoms with Gasteiger partial charge in [-0.25, -0.2) is 4.39 Å². The third kappa shape index (κ3) is 3.41. The van der Waals surface area contributed by atoms with E-state index >= 15 is 0 Å². The van der Waals surface area contributed by atoms with Gasteiger partial charge in [0, 0.05) is 18.3 Å². The lowest BCUT2D eigenvalue weighted by atomic mass is 9.97. The molecule has 4 nitrogen and oxygen atoms in total. The van der Waals surface area contributed by atoms with Crippen LogP contribution in [0.4, 0.5) is 18.9 Å². The van der Waals surface area contributed by atoms with Crippen molar-refractivity contribution in [3.8, 4) is 5.75 Å². The highest BCUT2D eigenvalue weighted by atomic mass is 19.3. The molecule has 0 aliphatic carbocycles. The number of hydrogen-bond donors (Lipinski definition) is 2. The number of carbonyl (C=O) groups is 1. The van der Waals surface area contributed by atoms with E-state index in [0.717, 1.165) is 18.7 Å². The SMILES string of the molecule is CC1CNCC1C(=O)Nc1ccc(OC(F)F)c(F)c1. The van der Waals surface area contributed by atoms with Crippen LogP contribution >= 0.6 is 0 Å². The van der Waals surface area contributed by atoms with Crippen molar-refractivity contribution in [2.75, 3.05) is 18.4 Å². The molecule has 1 aliphatic heterocycles. The van der Waals surface area contributed by atoms with Crippen LogP contribution < -0.4 is 15.4 Å². The van der Waals surface area contributed by atoms with Gasteiger partial charge in [-0.1, -0.05) is 6.92 Å². The molecule has 0 radical (unpaired) electrons. The molecule has 110 valence electrons. The largest absolute Gasteiger partial charge is 0.432 e. The highest BCUT2D eigenvalue weighted by Gasteiger charge is 2.29. The Labute approximate surface area is 114 Å². The fourth-order valence-electron chi connectivity index (χ4n) is 2.17. The first kappa shape index (κ1) is 14.6. The molecule has 1 fully saturated rings. The highest BCUT2D eigenvalue weighted by Crippen LogP contribution is 2.24. The second kappa shape index (κ2) is 6.13. The van der Waals surface area contributed by atoms with E-state index in [4.69, 9.17) is 0 Å². The summed E-state index contributed by atoms with van der Waals surface area (Å²) in [7, 11) is 0. The van der Waals surface area contributed by atoms with Gasteiger partial charge in [-0.3, -0.25) is 4.79 Å². The molecule has 1 aliphatic rings. The Balaban J connectivity index is 2.03. The smallest absolute Gasteiger partial charge is 0.387 e. The molecule has 2 atom stereocenters. The van der Waals surface area contributed by atoms with Gasteiger partial charge in [-0.2, -0.15) is 8.78 Å². The first-order valence-corrected chi connectivity index (χ1v) is 6.23. The molecule has 0 saturated carbocycles. The first-order chi connectivity index (χ1) is 9.47. The molecule has 1 saturated heterocycles. The predicted molar refractivity (Wildman–Crippen MR) is 67.2 cm³/mol. The second-order valence-corrected chi connectivity index (χ2v) is 4.75. The summed E-state index contributed by atoms with van der Waals surface area (Å²) < 4.78 is 41.5. The summed E-state index contributed by atoms with van der Waals surface area (Å²) in [4.78, 5) is 12.0. The second-order valence-electron chi connectivity index (χ2n) is 4.75. The number of rotatable bonds is 4. The zero-order chi connectivity index (χ0) is 14.7. The zero-order valence-corrected chi connectivity index (χ0v) is 10.8. The van der Waals surface area contributed by atoms with Crippen molar-refractivity contribution in [3.63, 3.8) is 0 Å². The molecule has 0 bridgehead atoms. The lowest BCUT2D eigenvalue weighted by Crippen LogP contribution is -2.27. The fraction of sp³-hybridized carbons (Fsp3) is 0.462. The number of amides is 1. The first-order valence-electron chi connectivity index (χ1n) is 6.23. The molecule has 0 spiro atoms. The number of nitrogens with one attached hydrogen (secondary N) is 2. The van der Waals surface area contributed by atoms with E-state index in [-0.39, 0.29) is 23.4 Å². The van der Waals surface area contributed by atoms with Gasteiger partial charge in [0.15, 0.2) is 11.6 Å². The van der Waals surface area contributed by atoms with Crippen molar-refractivity contribution >= 4 is 11.6 Å². The van der Waals surface area contributed by atoms with Gasteiger partial charge < -0.3 is 15.4 Å². The van der Waals surface area contributed by atoms with Gasteiger partial charge >= 0.3 is 6.61 Å². The van der Waals surface area contributed by atoms with E-state index in [1.54, 1.807) is 0 Å². The quantitative estimate of drug-likeness (QED) is 0.893.